The second kappa shape index (κ2) is 8.62. The monoisotopic (exact) mass is 407 g/mol. The van der Waals surface area contributed by atoms with E-state index in [0.29, 0.717) is 48.2 Å². The maximum absolute atomic E-state index is 12.5. The molecule has 3 heterocycles. The lowest BCUT2D eigenvalue weighted by Crippen LogP contribution is -2.41. The molecule has 2 aromatic heterocycles. The highest BCUT2D eigenvalue weighted by atomic mass is 32.1. The van der Waals surface area contributed by atoms with Gasteiger partial charge in [-0.1, -0.05) is 17.4 Å². The molecule has 0 radical (unpaired) electrons. The summed E-state index contributed by atoms with van der Waals surface area (Å²) >= 11 is 2.55. The first kappa shape index (κ1) is 19.5. The number of aryl methyl sites for hydroxylation is 1. The van der Waals surface area contributed by atoms with Crippen LogP contribution in [0.15, 0.2) is 17.5 Å². The number of thiophene rings is 1. The van der Waals surface area contributed by atoms with Gasteiger partial charge < -0.3 is 15.0 Å². The van der Waals surface area contributed by atoms with E-state index in [-0.39, 0.29) is 17.7 Å². The van der Waals surface area contributed by atoms with Gasteiger partial charge in [0.1, 0.15) is 4.88 Å². The Bertz CT molecular complexity index is 824. The molecular formula is C18H21N3O4S2. The molecule has 1 aliphatic rings. The molecule has 2 amide bonds. The zero-order valence-corrected chi connectivity index (χ0v) is 16.8. The maximum Gasteiger partial charge on any atom is 0.350 e. The van der Waals surface area contributed by atoms with E-state index in [1.807, 2.05) is 17.5 Å². The van der Waals surface area contributed by atoms with Gasteiger partial charge in [-0.05, 0) is 38.1 Å². The number of esters is 1. The van der Waals surface area contributed by atoms with Gasteiger partial charge in [-0.2, -0.15) is 0 Å². The van der Waals surface area contributed by atoms with Crippen LogP contribution in [0.5, 0.6) is 0 Å². The third-order valence-electron chi connectivity index (χ3n) is 4.37. The number of hydrogen-bond acceptors (Lipinski definition) is 7. The molecule has 9 heteroatoms. The van der Waals surface area contributed by atoms with Crippen LogP contribution < -0.4 is 5.32 Å². The molecule has 1 N–H and O–H groups in total. The standard InChI is InChI=1S/C18H21N3O4S2/c1-3-25-17(24)14-11(2)19-18(27-14)20-15(22)12-6-8-21(9-7-12)16(23)13-5-4-10-26-13/h4-5,10,12H,3,6-9H2,1-2H3,(H,19,20,22). The summed E-state index contributed by atoms with van der Waals surface area (Å²) < 4.78 is 4.99. The van der Waals surface area contributed by atoms with Crippen molar-refractivity contribution in [2.75, 3.05) is 25.0 Å². The van der Waals surface area contributed by atoms with E-state index in [9.17, 15) is 14.4 Å². The number of nitrogens with zero attached hydrogens (tertiary/aromatic N) is 2. The average molecular weight is 408 g/mol. The number of hydrogen-bond donors (Lipinski definition) is 1. The molecular weight excluding hydrogens is 386 g/mol. The van der Waals surface area contributed by atoms with Crippen LogP contribution >= 0.6 is 22.7 Å². The fourth-order valence-corrected chi connectivity index (χ4v) is 4.50. The number of aromatic nitrogens is 1. The largest absolute Gasteiger partial charge is 0.462 e. The molecule has 1 aliphatic heterocycles. The first-order valence-electron chi connectivity index (χ1n) is 8.77. The van der Waals surface area contributed by atoms with Gasteiger partial charge in [-0.3, -0.25) is 9.59 Å². The number of carbonyl (C=O) groups excluding carboxylic acids is 3. The Balaban J connectivity index is 1.55. The number of carbonyl (C=O) groups is 3. The Morgan fingerprint density at radius 3 is 2.70 bits per heavy atom. The van der Waals surface area contributed by atoms with E-state index in [1.165, 1.54) is 11.3 Å². The number of piperidine rings is 1. The third kappa shape index (κ3) is 4.54. The van der Waals surface area contributed by atoms with Crippen molar-refractivity contribution < 1.29 is 19.1 Å². The maximum atomic E-state index is 12.5. The van der Waals surface area contributed by atoms with Crippen molar-refractivity contribution >= 4 is 45.6 Å². The number of amides is 2. The molecule has 27 heavy (non-hydrogen) atoms. The van der Waals surface area contributed by atoms with Crippen molar-refractivity contribution in [3.05, 3.63) is 33.0 Å². The number of anilines is 1. The van der Waals surface area contributed by atoms with Crippen LogP contribution in [0.4, 0.5) is 5.13 Å². The van der Waals surface area contributed by atoms with Crippen LogP contribution in [0.2, 0.25) is 0 Å². The van der Waals surface area contributed by atoms with E-state index >= 15 is 0 Å². The van der Waals surface area contributed by atoms with Crippen molar-refractivity contribution in [3.8, 4) is 0 Å². The van der Waals surface area contributed by atoms with Crippen molar-refractivity contribution in [2.45, 2.75) is 26.7 Å². The predicted molar refractivity (Wildman–Crippen MR) is 104 cm³/mol. The summed E-state index contributed by atoms with van der Waals surface area (Å²) in [7, 11) is 0. The Morgan fingerprint density at radius 2 is 2.07 bits per heavy atom. The van der Waals surface area contributed by atoms with Gasteiger partial charge in [0.15, 0.2) is 5.13 Å². The van der Waals surface area contributed by atoms with Crippen molar-refractivity contribution in [1.82, 2.24) is 9.88 Å². The summed E-state index contributed by atoms with van der Waals surface area (Å²) in [6, 6.07) is 3.68. The van der Waals surface area contributed by atoms with Crippen LogP contribution in [-0.4, -0.2) is 47.4 Å². The number of thiazole rings is 1. The molecule has 0 spiro atoms. The topological polar surface area (TPSA) is 88.6 Å². The van der Waals surface area contributed by atoms with Gasteiger partial charge >= 0.3 is 5.97 Å². The molecule has 2 aromatic rings. The molecule has 0 aromatic carbocycles. The van der Waals surface area contributed by atoms with Gasteiger partial charge in [0.05, 0.1) is 17.2 Å². The van der Waals surface area contributed by atoms with Crippen molar-refractivity contribution in [2.24, 2.45) is 5.92 Å². The molecule has 0 bridgehead atoms. The molecule has 0 atom stereocenters. The molecule has 0 unspecified atom stereocenters. The lowest BCUT2D eigenvalue weighted by atomic mass is 9.96. The lowest BCUT2D eigenvalue weighted by molar-refractivity contribution is -0.121. The van der Waals surface area contributed by atoms with Crippen LogP contribution in [0.25, 0.3) is 0 Å². The van der Waals surface area contributed by atoms with Gasteiger partial charge in [-0.15, -0.1) is 11.3 Å². The van der Waals surface area contributed by atoms with Crippen LogP contribution in [-0.2, 0) is 9.53 Å². The Hall–Kier alpha value is -2.26. The molecule has 144 valence electrons. The van der Waals surface area contributed by atoms with Crippen molar-refractivity contribution in [1.29, 1.82) is 0 Å². The van der Waals surface area contributed by atoms with Gasteiger partial charge in [0.2, 0.25) is 5.91 Å². The highest BCUT2D eigenvalue weighted by molar-refractivity contribution is 7.17. The quantitative estimate of drug-likeness (QED) is 0.769. The fraction of sp³-hybridized carbons (Fsp3) is 0.444. The van der Waals surface area contributed by atoms with Crippen LogP contribution in [0.3, 0.4) is 0 Å². The van der Waals surface area contributed by atoms with Crippen LogP contribution in [0, 0.1) is 12.8 Å². The zero-order chi connectivity index (χ0) is 19.4. The normalized spacial score (nSPS) is 14.8. The molecule has 1 fully saturated rings. The molecule has 7 nitrogen and oxygen atoms in total. The summed E-state index contributed by atoms with van der Waals surface area (Å²) in [6.45, 7) is 4.86. The van der Waals surface area contributed by atoms with Gasteiger partial charge in [-0.25, -0.2) is 9.78 Å². The summed E-state index contributed by atoms with van der Waals surface area (Å²) in [5.74, 6) is -0.693. The first-order valence-corrected chi connectivity index (χ1v) is 10.5. The Morgan fingerprint density at radius 1 is 1.33 bits per heavy atom. The summed E-state index contributed by atoms with van der Waals surface area (Å²) in [5, 5.41) is 5.08. The number of nitrogens with one attached hydrogen (secondary N) is 1. The lowest BCUT2D eigenvalue weighted by Gasteiger charge is -2.30. The molecule has 0 aliphatic carbocycles. The summed E-state index contributed by atoms with van der Waals surface area (Å²) in [6.07, 6.45) is 1.22. The molecule has 1 saturated heterocycles. The minimum atomic E-state index is -0.423. The smallest absolute Gasteiger partial charge is 0.350 e. The predicted octanol–water partition coefficient (Wildman–Crippen LogP) is 3.18. The van der Waals surface area contributed by atoms with Crippen LogP contribution in [0.1, 0.15) is 44.8 Å². The Kier molecular flexibility index (Phi) is 6.22. The second-order valence-corrected chi connectivity index (χ2v) is 8.13. The van der Waals surface area contributed by atoms with Gasteiger partial charge in [0, 0.05) is 19.0 Å². The fourth-order valence-electron chi connectivity index (χ4n) is 2.94. The molecule has 3 rings (SSSR count). The molecule has 0 saturated carbocycles. The highest BCUT2D eigenvalue weighted by Gasteiger charge is 2.29. The zero-order valence-electron chi connectivity index (χ0n) is 15.2. The summed E-state index contributed by atoms with van der Waals surface area (Å²) in [5.41, 5.74) is 0.546. The third-order valence-corrected chi connectivity index (χ3v) is 6.28. The number of likely N-dealkylation sites (tertiary alicyclic amines) is 1. The van der Waals surface area contributed by atoms with Gasteiger partial charge in [0.25, 0.3) is 5.91 Å². The van der Waals surface area contributed by atoms with Crippen molar-refractivity contribution in [3.63, 3.8) is 0 Å². The second-order valence-electron chi connectivity index (χ2n) is 6.19. The summed E-state index contributed by atoms with van der Waals surface area (Å²) in [4.78, 5) is 43.9. The Labute approximate surface area is 165 Å². The van der Waals surface area contributed by atoms with E-state index in [0.717, 1.165) is 16.2 Å². The first-order chi connectivity index (χ1) is 13.0. The average Bonchev–Trinajstić information content (AvgIpc) is 3.31. The highest BCUT2D eigenvalue weighted by Crippen LogP contribution is 2.26. The van der Waals surface area contributed by atoms with E-state index in [2.05, 4.69) is 10.3 Å². The SMILES string of the molecule is CCOC(=O)c1sc(NC(=O)C2CCN(C(=O)c3cccs3)CC2)nc1C. The minimum Gasteiger partial charge on any atom is -0.462 e. The van der Waals surface area contributed by atoms with E-state index in [1.54, 1.807) is 18.7 Å². The van der Waals surface area contributed by atoms with E-state index < -0.39 is 5.97 Å². The number of rotatable bonds is 5. The number of ether oxygens (including phenoxy) is 1. The van der Waals surface area contributed by atoms with E-state index in [4.69, 9.17) is 4.74 Å². The minimum absolute atomic E-state index is 0.0264.